The second kappa shape index (κ2) is 4.97. The Balaban J connectivity index is 1.48. The standard InChI is InChI=1S/C15H26N2O2/c1-11-5-8-17(9-13(11)18)14(19)16-10-15(6-2-7-15)12-3-4-12/h11-13,18H,2-10H2,1H3,(H,16,19). The highest BCUT2D eigenvalue weighted by atomic mass is 16.3. The van der Waals surface area contributed by atoms with Gasteiger partial charge < -0.3 is 15.3 Å². The number of likely N-dealkylation sites (tertiary alicyclic amines) is 1. The average Bonchev–Trinajstić information content (AvgIpc) is 3.16. The third kappa shape index (κ3) is 2.60. The van der Waals surface area contributed by atoms with E-state index in [-0.39, 0.29) is 12.1 Å². The van der Waals surface area contributed by atoms with Crippen LogP contribution in [0, 0.1) is 17.3 Å². The van der Waals surface area contributed by atoms with Crippen LogP contribution in [0.5, 0.6) is 0 Å². The molecule has 0 aromatic carbocycles. The summed E-state index contributed by atoms with van der Waals surface area (Å²) >= 11 is 0. The molecule has 4 nitrogen and oxygen atoms in total. The minimum Gasteiger partial charge on any atom is -0.391 e. The number of amides is 2. The van der Waals surface area contributed by atoms with Gasteiger partial charge in [-0.05, 0) is 49.4 Å². The second-order valence-corrected chi connectivity index (χ2v) is 6.93. The summed E-state index contributed by atoms with van der Waals surface area (Å²) < 4.78 is 0. The van der Waals surface area contributed by atoms with Crippen molar-refractivity contribution in [2.45, 2.75) is 51.6 Å². The first-order chi connectivity index (χ1) is 9.11. The van der Waals surface area contributed by atoms with E-state index >= 15 is 0 Å². The Labute approximate surface area is 115 Å². The van der Waals surface area contributed by atoms with E-state index < -0.39 is 0 Å². The first kappa shape index (κ1) is 13.2. The summed E-state index contributed by atoms with van der Waals surface area (Å²) in [6.45, 7) is 4.17. The molecule has 108 valence electrons. The molecule has 0 aromatic rings. The molecule has 0 radical (unpaired) electrons. The lowest BCUT2D eigenvalue weighted by molar-refractivity contribution is 0.0406. The summed E-state index contributed by atoms with van der Waals surface area (Å²) in [5.74, 6) is 1.18. The molecule has 4 heteroatoms. The van der Waals surface area contributed by atoms with Gasteiger partial charge in [0.25, 0.3) is 0 Å². The number of nitrogens with zero attached hydrogens (tertiary/aromatic N) is 1. The maximum absolute atomic E-state index is 12.2. The molecular formula is C15H26N2O2. The monoisotopic (exact) mass is 266 g/mol. The molecule has 1 heterocycles. The molecule has 2 saturated carbocycles. The van der Waals surface area contributed by atoms with Crippen molar-refractivity contribution in [1.29, 1.82) is 0 Å². The molecule has 1 saturated heterocycles. The molecule has 3 fully saturated rings. The lowest BCUT2D eigenvalue weighted by Crippen LogP contribution is -2.52. The number of carbonyl (C=O) groups excluding carboxylic acids is 1. The van der Waals surface area contributed by atoms with Gasteiger partial charge in [-0.1, -0.05) is 13.3 Å². The number of hydrogen-bond donors (Lipinski definition) is 2. The summed E-state index contributed by atoms with van der Waals surface area (Å²) in [6, 6.07) is 0.0258. The van der Waals surface area contributed by atoms with Crippen molar-refractivity contribution in [1.82, 2.24) is 10.2 Å². The van der Waals surface area contributed by atoms with Crippen molar-refractivity contribution in [2.24, 2.45) is 17.3 Å². The average molecular weight is 266 g/mol. The zero-order valence-electron chi connectivity index (χ0n) is 11.9. The number of urea groups is 1. The van der Waals surface area contributed by atoms with Gasteiger partial charge in [-0.2, -0.15) is 0 Å². The zero-order valence-corrected chi connectivity index (χ0v) is 11.9. The third-order valence-corrected chi connectivity index (χ3v) is 5.59. The molecule has 1 aliphatic heterocycles. The Morgan fingerprint density at radius 3 is 2.63 bits per heavy atom. The van der Waals surface area contributed by atoms with Crippen molar-refractivity contribution in [3.8, 4) is 0 Å². The van der Waals surface area contributed by atoms with Crippen LogP contribution in [0.15, 0.2) is 0 Å². The van der Waals surface area contributed by atoms with Crippen molar-refractivity contribution in [2.75, 3.05) is 19.6 Å². The molecule has 2 N–H and O–H groups in total. The third-order valence-electron chi connectivity index (χ3n) is 5.59. The Hall–Kier alpha value is -0.770. The predicted octanol–water partition coefficient (Wildman–Crippen LogP) is 1.98. The van der Waals surface area contributed by atoms with E-state index in [2.05, 4.69) is 12.2 Å². The summed E-state index contributed by atoms with van der Waals surface area (Å²) in [5.41, 5.74) is 0.428. The van der Waals surface area contributed by atoms with E-state index in [0.717, 1.165) is 25.4 Å². The molecule has 2 unspecified atom stereocenters. The van der Waals surface area contributed by atoms with Crippen LogP contribution in [0.4, 0.5) is 4.79 Å². The number of aliphatic hydroxyl groups excluding tert-OH is 1. The fourth-order valence-electron chi connectivity index (χ4n) is 3.65. The van der Waals surface area contributed by atoms with Crippen molar-refractivity contribution in [3.05, 3.63) is 0 Å². The summed E-state index contributed by atoms with van der Waals surface area (Å²) in [6.07, 6.45) is 7.16. The minimum atomic E-state index is -0.361. The van der Waals surface area contributed by atoms with Crippen LogP contribution in [0.1, 0.15) is 45.4 Å². The number of hydrogen-bond acceptors (Lipinski definition) is 2. The van der Waals surface area contributed by atoms with Crippen molar-refractivity contribution >= 4 is 6.03 Å². The van der Waals surface area contributed by atoms with Crippen molar-refractivity contribution < 1.29 is 9.90 Å². The highest BCUT2D eigenvalue weighted by Crippen LogP contribution is 2.56. The molecule has 0 bridgehead atoms. The Bertz CT molecular complexity index is 350. The van der Waals surface area contributed by atoms with Gasteiger partial charge in [-0.3, -0.25) is 0 Å². The van der Waals surface area contributed by atoms with Crippen LogP contribution in [-0.2, 0) is 0 Å². The van der Waals surface area contributed by atoms with Gasteiger partial charge in [0.2, 0.25) is 0 Å². The van der Waals surface area contributed by atoms with Gasteiger partial charge in [0, 0.05) is 19.6 Å². The molecule has 19 heavy (non-hydrogen) atoms. The molecule has 2 aliphatic carbocycles. The summed E-state index contributed by atoms with van der Waals surface area (Å²) in [4.78, 5) is 14.0. The van der Waals surface area contributed by atoms with E-state index in [0.29, 0.717) is 17.9 Å². The maximum Gasteiger partial charge on any atom is 0.317 e. The smallest absolute Gasteiger partial charge is 0.317 e. The Morgan fingerprint density at radius 1 is 1.37 bits per heavy atom. The normalized spacial score (nSPS) is 33.7. The van der Waals surface area contributed by atoms with Gasteiger partial charge >= 0.3 is 6.03 Å². The number of β-amino-alcohol motifs (C(OH)–C–C–N with tert-alkyl or cyclic N) is 1. The van der Waals surface area contributed by atoms with Gasteiger partial charge in [-0.15, -0.1) is 0 Å². The molecule has 3 aliphatic rings. The quantitative estimate of drug-likeness (QED) is 0.820. The van der Waals surface area contributed by atoms with E-state index in [1.54, 1.807) is 4.90 Å². The largest absolute Gasteiger partial charge is 0.391 e. The van der Waals surface area contributed by atoms with Crippen LogP contribution in [0.3, 0.4) is 0 Å². The van der Waals surface area contributed by atoms with Crippen molar-refractivity contribution in [3.63, 3.8) is 0 Å². The SMILES string of the molecule is CC1CCN(C(=O)NCC2(C3CC3)CCC2)CC1O. The van der Waals surface area contributed by atoms with E-state index in [4.69, 9.17) is 0 Å². The Morgan fingerprint density at radius 2 is 2.11 bits per heavy atom. The summed E-state index contributed by atoms with van der Waals surface area (Å²) in [7, 11) is 0. The molecule has 2 amide bonds. The summed E-state index contributed by atoms with van der Waals surface area (Å²) in [5, 5.41) is 13.0. The lowest BCUT2D eigenvalue weighted by atomic mass is 9.65. The van der Waals surface area contributed by atoms with Gasteiger partial charge in [0.15, 0.2) is 0 Å². The first-order valence-electron chi connectivity index (χ1n) is 7.81. The fraction of sp³-hybridized carbons (Fsp3) is 0.933. The number of nitrogens with one attached hydrogen (secondary N) is 1. The van der Waals surface area contributed by atoms with Gasteiger partial charge in [0.05, 0.1) is 6.10 Å². The highest BCUT2D eigenvalue weighted by molar-refractivity contribution is 5.74. The predicted molar refractivity (Wildman–Crippen MR) is 73.8 cm³/mol. The molecule has 0 aromatic heterocycles. The van der Waals surface area contributed by atoms with Gasteiger partial charge in [0.1, 0.15) is 0 Å². The fourth-order valence-corrected chi connectivity index (χ4v) is 3.65. The van der Waals surface area contributed by atoms with Crippen LogP contribution in [0.2, 0.25) is 0 Å². The molecule has 2 atom stereocenters. The second-order valence-electron chi connectivity index (χ2n) is 6.93. The Kier molecular flexibility index (Phi) is 3.46. The lowest BCUT2D eigenvalue weighted by Gasteiger charge is -2.43. The van der Waals surface area contributed by atoms with Crippen LogP contribution < -0.4 is 5.32 Å². The van der Waals surface area contributed by atoms with E-state index in [9.17, 15) is 9.90 Å². The zero-order chi connectivity index (χ0) is 13.5. The van der Waals surface area contributed by atoms with E-state index in [1.165, 1.54) is 32.1 Å². The van der Waals surface area contributed by atoms with Gasteiger partial charge in [-0.25, -0.2) is 4.79 Å². The highest BCUT2D eigenvalue weighted by Gasteiger charge is 2.49. The maximum atomic E-state index is 12.2. The first-order valence-corrected chi connectivity index (χ1v) is 7.81. The topological polar surface area (TPSA) is 52.6 Å². The van der Waals surface area contributed by atoms with Crippen LogP contribution >= 0.6 is 0 Å². The number of piperidine rings is 1. The number of carbonyl (C=O) groups is 1. The molecular weight excluding hydrogens is 240 g/mol. The van der Waals surface area contributed by atoms with Crippen LogP contribution in [-0.4, -0.2) is 41.8 Å². The van der Waals surface area contributed by atoms with Crippen LogP contribution in [0.25, 0.3) is 0 Å². The number of aliphatic hydroxyl groups is 1. The number of rotatable bonds is 3. The molecule has 3 rings (SSSR count). The minimum absolute atomic E-state index is 0.0258. The molecule has 0 spiro atoms. The van der Waals surface area contributed by atoms with E-state index in [1.807, 2.05) is 0 Å².